The maximum atomic E-state index is 13.3. The summed E-state index contributed by atoms with van der Waals surface area (Å²) in [7, 11) is 0. The summed E-state index contributed by atoms with van der Waals surface area (Å²) in [5, 5.41) is 6.37. The summed E-state index contributed by atoms with van der Waals surface area (Å²) in [5.41, 5.74) is 2.70. The minimum Gasteiger partial charge on any atom is -0.379 e. The Hall–Kier alpha value is -2.95. The first-order valence-electron chi connectivity index (χ1n) is 13.6. The smallest absolute Gasteiger partial charge is 0.255 e. The van der Waals surface area contributed by atoms with Gasteiger partial charge in [-0.3, -0.25) is 24.3 Å². The molecule has 0 atom stereocenters. The number of hydrogen-bond acceptors (Lipinski definition) is 7. The number of carbonyl (C=O) groups excluding carboxylic acids is 2. The fourth-order valence-electron chi connectivity index (χ4n) is 6.25. The molecule has 10 nitrogen and oxygen atoms in total. The molecule has 2 saturated heterocycles. The molecular formula is C27H33ClN6O4. The molecule has 4 heterocycles. The molecule has 0 radical (unpaired) electrons. The van der Waals surface area contributed by atoms with Crippen LogP contribution in [0.1, 0.15) is 52.9 Å². The maximum Gasteiger partial charge on any atom is 0.255 e. The van der Waals surface area contributed by atoms with Crippen molar-refractivity contribution in [2.75, 3.05) is 62.7 Å². The van der Waals surface area contributed by atoms with Crippen LogP contribution in [0.25, 0.3) is 0 Å². The summed E-state index contributed by atoms with van der Waals surface area (Å²) in [6.45, 7) is 5.58. The molecule has 0 unspecified atom stereocenters. The van der Waals surface area contributed by atoms with Crippen LogP contribution in [0.2, 0.25) is 5.02 Å². The first-order valence-corrected chi connectivity index (χ1v) is 13.9. The number of anilines is 2. The van der Waals surface area contributed by atoms with Crippen molar-refractivity contribution >= 4 is 35.1 Å². The Morgan fingerprint density at radius 2 is 1.87 bits per heavy atom. The van der Waals surface area contributed by atoms with Crippen LogP contribution in [0.4, 0.5) is 11.6 Å². The van der Waals surface area contributed by atoms with E-state index < -0.39 is 5.41 Å². The molecule has 1 aliphatic carbocycles. The predicted octanol–water partition coefficient (Wildman–Crippen LogP) is 1.85. The third-order valence-corrected chi connectivity index (χ3v) is 8.72. The lowest BCUT2D eigenvalue weighted by Gasteiger charge is -2.38. The van der Waals surface area contributed by atoms with Crippen LogP contribution in [-0.4, -0.2) is 79.2 Å². The molecule has 3 aliphatic heterocycles. The molecule has 4 aliphatic rings. The second-order valence-corrected chi connectivity index (χ2v) is 11.0. The Balaban J connectivity index is 1.15. The summed E-state index contributed by atoms with van der Waals surface area (Å²) in [6, 6.07) is 3.40. The largest absolute Gasteiger partial charge is 0.379 e. The quantitative estimate of drug-likeness (QED) is 0.529. The van der Waals surface area contributed by atoms with Crippen LogP contribution >= 0.6 is 11.6 Å². The van der Waals surface area contributed by atoms with Gasteiger partial charge < -0.3 is 20.3 Å². The van der Waals surface area contributed by atoms with Crippen LogP contribution in [0.3, 0.4) is 0 Å². The monoisotopic (exact) mass is 540 g/mol. The molecule has 1 aromatic carbocycles. The number of piperidine rings is 1. The van der Waals surface area contributed by atoms with Crippen LogP contribution in [0.5, 0.6) is 0 Å². The van der Waals surface area contributed by atoms with Gasteiger partial charge in [-0.1, -0.05) is 11.6 Å². The highest BCUT2D eigenvalue weighted by Gasteiger charge is 2.50. The number of aromatic nitrogens is 2. The van der Waals surface area contributed by atoms with Crippen LogP contribution in [-0.2, 0) is 27.8 Å². The second kappa shape index (κ2) is 10.3. The van der Waals surface area contributed by atoms with Gasteiger partial charge in [0.2, 0.25) is 11.9 Å². The van der Waals surface area contributed by atoms with E-state index in [1.54, 1.807) is 12.1 Å². The Morgan fingerprint density at radius 3 is 2.66 bits per heavy atom. The number of nitrogens with one attached hydrogen (secondary N) is 3. The number of amides is 2. The number of aryl methyl sites for hydroxylation is 1. The topological polar surface area (TPSA) is 120 Å². The third kappa shape index (κ3) is 4.58. The first kappa shape index (κ1) is 25.3. The van der Waals surface area contributed by atoms with Crippen molar-refractivity contribution in [1.82, 2.24) is 20.2 Å². The van der Waals surface area contributed by atoms with Crippen molar-refractivity contribution in [3.05, 3.63) is 49.9 Å². The molecule has 1 spiro atoms. The number of ether oxygens (including phenoxy) is 1. The van der Waals surface area contributed by atoms with Gasteiger partial charge in [0.05, 0.1) is 24.3 Å². The zero-order chi connectivity index (χ0) is 26.3. The van der Waals surface area contributed by atoms with Gasteiger partial charge in [0.15, 0.2) is 0 Å². The van der Waals surface area contributed by atoms with Crippen molar-refractivity contribution in [2.24, 2.45) is 0 Å². The minimum atomic E-state index is -0.761. The van der Waals surface area contributed by atoms with Crippen molar-refractivity contribution in [3.8, 4) is 0 Å². The summed E-state index contributed by atoms with van der Waals surface area (Å²) in [6.07, 6.45) is 4.77. The normalized spacial score (nSPS) is 20.7. The predicted molar refractivity (Wildman–Crippen MR) is 144 cm³/mol. The van der Waals surface area contributed by atoms with Crippen molar-refractivity contribution in [2.45, 2.75) is 43.9 Å². The molecular weight excluding hydrogens is 508 g/mol. The first-order chi connectivity index (χ1) is 18.4. The highest BCUT2D eigenvalue weighted by atomic mass is 35.5. The summed E-state index contributed by atoms with van der Waals surface area (Å²) in [4.78, 5) is 50.8. The van der Waals surface area contributed by atoms with Gasteiger partial charge in [0.25, 0.3) is 11.5 Å². The molecule has 202 valence electrons. The molecule has 0 saturated carbocycles. The fourth-order valence-corrected chi connectivity index (χ4v) is 6.65. The highest BCUT2D eigenvalue weighted by molar-refractivity contribution is 6.33. The lowest BCUT2D eigenvalue weighted by molar-refractivity contribution is -0.121. The molecule has 2 amide bonds. The number of morpholine rings is 1. The van der Waals surface area contributed by atoms with Crippen LogP contribution < -0.4 is 21.1 Å². The highest BCUT2D eigenvalue weighted by Crippen LogP contribution is 2.48. The molecule has 2 fully saturated rings. The second-order valence-electron chi connectivity index (χ2n) is 10.6. The van der Waals surface area contributed by atoms with E-state index in [-0.39, 0.29) is 17.4 Å². The number of H-pyrrole nitrogens is 1. The van der Waals surface area contributed by atoms with E-state index in [0.29, 0.717) is 54.7 Å². The van der Waals surface area contributed by atoms with E-state index in [1.165, 1.54) is 0 Å². The molecule has 6 rings (SSSR count). The minimum absolute atomic E-state index is 0.0484. The Kier molecular flexibility index (Phi) is 6.88. The lowest BCUT2D eigenvalue weighted by atomic mass is 9.73. The van der Waals surface area contributed by atoms with Crippen molar-refractivity contribution < 1.29 is 14.3 Å². The molecule has 2 aromatic rings. The summed E-state index contributed by atoms with van der Waals surface area (Å²) >= 11 is 6.75. The molecule has 3 N–H and O–H groups in total. The van der Waals surface area contributed by atoms with Gasteiger partial charge in [-0.15, -0.1) is 0 Å². The average molecular weight is 541 g/mol. The molecule has 38 heavy (non-hydrogen) atoms. The number of hydrogen-bond donors (Lipinski definition) is 3. The number of aromatic amines is 1. The van der Waals surface area contributed by atoms with E-state index in [0.717, 1.165) is 75.4 Å². The van der Waals surface area contributed by atoms with Crippen molar-refractivity contribution in [3.63, 3.8) is 0 Å². The zero-order valence-electron chi connectivity index (χ0n) is 21.4. The maximum absolute atomic E-state index is 13.3. The lowest BCUT2D eigenvalue weighted by Crippen LogP contribution is -2.47. The Morgan fingerprint density at radius 1 is 1.11 bits per heavy atom. The van der Waals surface area contributed by atoms with Crippen LogP contribution in [0.15, 0.2) is 16.9 Å². The number of carbonyl (C=O) groups is 2. The fraction of sp³-hybridized carbons (Fsp3) is 0.556. The SMILES string of the molecule is O=C(NCCN1CCOCC1)c1cc(Cl)c2c(c1)NC(=O)C21CCN(c2nc3c(c(=O)[nH]2)CCCC3)CC1. The molecule has 0 bridgehead atoms. The van der Waals surface area contributed by atoms with Gasteiger partial charge >= 0.3 is 0 Å². The Bertz CT molecular complexity index is 1310. The third-order valence-electron chi connectivity index (χ3n) is 8.43. The van der Waals surface area contributed by atoms with E-state index >= 15 is 0 Å². The number of fused-ring (bicyclic) bond motifs is 3. The number of halogens is 1. The molecule has 1 aromatic heterocycles. The van der Waals surface area contributed by atoms with Gasteiger partial charge in [-0.05, 0) is 50.7 Å². The Labute approximate surface area is 226 Å². The van der Waals surface area contributed by atoms with Crippen LogP contribution in [0, 0.1) is 0 Å². The number of benzene rings is 1. The zero-order valence-corrected chi connectivity index (χ0v) is 22.2. The summed E-state index contributed by atoms with van der Waals surface area (Å²) < 4.78 is 5.36. The van der Waals surface area contributed by atoms with E-state index in [4.69, 9.17) is 21.3 Å². The standard InChI is InChI=1S/C27H33ClN6O4/c28-19-15-17(23(35)29-7-10-33-11-13-38-14-12-33)16-21-22(19)27(25(37)30-21)5-8-34(9-6-27)26-31-20-4-2-1-3-18(20)24(36)32-26/h15-16H,1-14H2,(H,29,35)(H,30,37)(H,31,32,36). The van der Waals surface area contributed by atoms with Crippen molar-refractivity contribution in [1.29, 1.82) is 0 Å². The van der Waals surface area contributed by atoms with E-state index in [1.807, 2.05) is 0 Å². The van der Waals surface area contributed by atoms with Gasteiger partial charge in [0, 0.05) is 66.7 Å². The number of nitrogens with zero attached hydrogens (tertiary/aromatic N) is 3. The van der Waals surface area contributed by atoms with Gasteiger partial charge in [-0.2, -0.15) is 0 Å². The van der Waals surface area contributed by atoms with Gasteiger partial charge in [0.1, 0.15) is 0 Å². The molecule has 11 heteroatoms. The number of rotatable bonds is 5. The van der Waals surface area contributed by atoms with Gasteiger partial charge in [-0.25, -0.2) is 4.98 Å². The average Bonchev–Trinajstić information content (AvgIpc) is 3.20. The summed E-state index contributed by atoms with van der Waals surface area (Å²) in [5.74, 6) is 0.278. The van der Waals surface area contributed by atoms with E-state index in [2.05, 4.69) is 25.4 Å². The van der Waals surface area contributed by atoms with E-state index in [9.17, 15) is 14.4 Å².